The van der Waals surface area contributed by atoms with Crippen LogP contribution in [0.2, 0.25) is 0 Å². The Bertz CT molecular complexity index is 471. The average Bonchev–Trinajstić information content (AvgIpc) is 2.37. The van der Waals surface area contributed by atoms with Crippen LogP contribution < -0.4 is 15.4 Å². The van der Waals surface area contributed by atoms with Crippen molar-refractivity contribution >= 4 is 11.6 Å². The summed E-state index contributed by atoms with van der Waals surface area (Å²) in [5.74, 6) is 0.816. The highest BCUT2D eigenvalue weighted by Gasteiger charge is 2.33. The second-order valence-corrected chi connectivity index (χ2v) is 5.26. The number of carbonyl (C=O) groups excluding carboxylic acids is 1. The molecular weight excluding hydrogens is 240 g/mol. The molecule has 104 valence electrons. The van der Waals surface area contributed by atoms with Gasteiger partial charge in [-0.15, -0.1) is 0 Å². The lowest BCUT2D eigenvalue weighted by molar-refractivity contribution is -0.125. The predicted molar refractivity (Wildman–Crippen MR) is 76.5 cm³/mol. The van der Waals surface area contributed by atoms with Crippen molar-refractivity contribution in [1.29, 1.82) is 0 Å². The largest absolute Gasteiger partial charge is 0.479 e. The van der Waals surface area contributed by atoms with Crippen molar-refractivity contribution in [1.82, 2.24) is 0 Å². The Balaban J connectivity index is 2.37. The molecular formula is C15H22N2O2. The molecule has 0 radical (unpaired) electrons. The third kappa shape index (κ3) is 2.73. The second kappa shape index (κ2) is 5.61. The summed E-state index contributed by atoms with van der Waals surface area (Å²) in [6, 6.07) is 6.19. The number of ether oxygens (including phenoxy) is 1. The lowest BCUT2D eigenvalue weighted by Crippen LogP contribution is -2.47. The molecule has 1 aromatic carbocycles. The Morgan fingerprint density at radius 3 is 2.79 bits per heavy atom. The zero-order valence-electron chi connectivity index (χ0n) is 11.8. The third-order valence-corrected chi connectivity index (χ3v) is 3.36. The monoisotopic (exact) mass is 262 g/mol. The predicted octanol–water partition coefficient (Wildman–Crippen LogP) is 2.10. The van der Waals surface area contributed by atoms with Gasteiger partial charge in [-0.25, -0.2) is 0 Å². The van der Waals surface area contributed by atoms with E-state index in [1.165, 1.54) is 5.56 Å². The smallest absolute Gasteiger partial charge is 0.268 e. The first-order valence-electron chi connectivity index (χ1n) is 6.87. The van der Waals surface area contributed by atoms with Gasteiger partial charge in [0, 0.05) is 6.04 Å². The molecule has 1 atom stereocenters. The van der Waals surface area contributed by atoms with Crippen LogP contribution in [0.3, 0.4) is 0 Å². The minimum absolute atomic E-state index is 0.0264. The molecule has 2 rings (SSSR count). The molecule has 0 fully saturated rings. The number of hydrogen-bond donors (Lipinski definition) is 1. The average molecular weight is 262 g/mol. The Hall–Kier alpha value is -1.55. The molecule has 0 saturated carbocycles. The van der Waals surface area contributed by atoms with E-state index in [1.807, 2.05) is 24.8 Å². The van der Waals surface area contributed by atoms with Crippen molar-refractivity contribution in [3.8, 4) is 5.75 Å². The van der Waals surface area contributed by atoms with Crippen molar-refractivity contribution < 1.29 is 9.53 Å². The number of rotatable bonds is 4. The first-order valence-corrected chi connectivity index (χ1v) is 6.87. The summed E-state index contributed by atoms with van der Waals surface area (Å²) in [6.45, 7) is 6.51. The number of hydrogen-bond acceptors (Lipinski definition) is 3. The Morgan fingerprint density at radius 2 is 2.16 bits per heavy atom. The molecule has 1 aromatic rings. The van der Waals surface area contributed by atoms with E-state index < -0.39 is 6.10 Å². The second-order valence-electron chi connectivity index (χ2n) is 5.26. The normalized spacial score (nSPS) is 18.5. The van der Waals surface area contributed by atoms with E-state index >= 15 is 0 Å². The Labute approximate surface area is 114 Å². The Kier molecular flexibility index (Phi) is 4.10. The van der Waals surface area contributed by atoms with Crippen molar-refractivity contribution in [2.45, 2.75) is 45.8 Å². The number of benzene rings is 1. The van der Waals surface area contributed by atoms with Crippen LogP contribution in [0.25, 0.3) is 0 Å². The maximum absolute atomic E-state index is 12.2. The van der Waals surface area contributed by atoms with E-state index in [0.717, 1.165) is 24.3 Å². The molecule has 0 saturated heterocycles. The summed E-state index contributed by atoms with van der Waals surface area (Å²) in [6.07, 6.45) is 1.47. The van der Waals surface area contributed by atoms with Gasteiger partial charge in [0.1, 0.15) is 5.75 Å². The fourth-order valence-corrected chi connectivity index (χ4v) is 2.40. The molecule has 1 unspecified atom stereocenters. The van der Waals surface area contributed by atoms with Gasteiger partial charge in [-0.2, -0.15) is 0 Å². The molecule has 0 aliphatic carbocycles. The summed E-state index contributed by atoms with van der Waals surface area (Å²) in [7, 11) is 0. The van der Waals surface area contributed by atoms with Gasteiger partial charge in [-0.1, -0.05) is 6.07 Å². The molecule has 0 aromatic heterocycles. The number of anilines is 1. The highest BCUT2D eigenvalue weighted by Crippen LogP contribution is 2.36. The van der Waals surface area contributed by atoms with Crippen LogP contribution in [-0.2, 0) is 11.2 Å². The van der Waals surface area contributed by atoms with E-state index in [2.05, 4.69) is 12.1 Å². The molecule has 0 spiro atoms. The number of nitrogens with two attached hydrogens (primary N) is 1. The molecule has 1 heterocycles. The fourth-order valence-electron chi connectivity index (χ4n) is 2.40. The standard InChI is InChI=1S/C15H22N2O2/c1-10(2)17-13-9-12(5-4-8-16)6-7-14(13)19-11(3)15(17)18/h6-7,9-11H,4-5,8,16H2,1-3H3. The van der Waals surface area contributed by atoms with Gasteiger partial charge >= 0.3 is 0 Å². The molecule has 0 bridgehead atoms. The van der Waals surface area contributed by atoms with Gasteiger partial charge in [0.2, 0.25) is 0 Å². The molecule has 1 aliphatic heterocycles. The Morgan fingerprint density at radius 1 is 1.42 bits per heavy atom. The van der Waals surface area contributed by atoms with E-state index in [4.69, 9.17) is 10.5 Å². The molecule has 1 amide bonds. The quantitative estimate of drug-likeness (QED) is 0.904. The maximum atomic E-state index is 12.2. The van der Waals surface area contributed by atoms with Gasteiger partial charge < -0.3 is 15.4 Å². The van der Waals surface area contributed by atoms with Crippen molar-refractivity contribution in [3.63, 3.8) is 0 Å². The van der Waals surface area contributed by atoms with Crippen LogP contribution in [0, 0.1) is 0 Å². The lowest BCUT2D eigenvalue weighted by Gasteiger charge is -2.36. The molecule has 1 aliphatic rings. The number of carbonyl (C=O) groups is 1. The van der Waals surface area contributed by atoms with Gasteiger partial charge in [0.25, 0.3) is 5.91 Å². The van der Waals surface area contributed by atoms with Crippen molar-refractivity contribution in [2.24, 2.45) is 5.73 Å². The van der Waals surface area contributed by atoms with E-state index in [9.17, 15) is 4.79 Å². The molecule has 4 nitrogen and oxygen atoms in total. The summed E-state index contributed by atoms with van der Waals surface area (Å²) >= 11 is 0. The van der Waals surface area contributed by atoms with Crippen LogP contribution in [0.15, 0.2) is 18.2 Å². The van der Waals surface area contributed by atoms with Crippen molar-refractivity contribution in [3.05, 3.63) is 23.8 Å². The zero-order valence-corrected chi connectivity index (χ0v) is 11.8. The summed E-state index contributed by atoms with van der Waals surface area (Å²) < 4.78 is 5.67. The van der Waals surface area contributed by atoms with E-state index in [-0.39, 0.29) is 11.9 Å². The van der Waals surface area contributed by atoms with Crippen LogP contribution >= 0.6 is 0 Å². The van der Waals surface area contributed by atoms with Crippen LogP contribution in [0.5, 0.6) is 5.75 Å². The first kappa shape index (κ1) is 13.9. The minimum atomic E-state index is -0.412. The topological polar surface area (TPSA) is 55.6 Å². The molecule has 19 heavy (non-hydrogen) atoms. The SMILES string of the molecule is CC1Oc2ccc(CCCN)cc2N(C(C)C)C1=O. The zero-order chi connectivity index (χ0) is 14.0. The number of amides is 1. The van der Waals surface area contributed by atoms with Crippen LogP contribution in [0.1, 0.15) is 32.8 Å². The van der Waals surface area contributed by atoms with Gasteiger partial charge in [0.15, 0.2) is 6.10 Å². The van der Waals surface area contributed by atoms with Gasteiger partial charge in [-0.3, -0.25) is 4.79 Å². The number of aryl methyl sites for hydroxylation is 1. The summed E-state index contributed by atoms with van der Waals surface area (Å²) in [4.78, 5) is 14.1. The third-order valence-electron chi connectivity index (χ3n) is 3.36. The fraction of sp³-hybridized carbons (Fsp3) is 0.533. The van der Waals surface area contributed by atoms with Gasteiger partial charge in [0.05, 0.1) is 5.69 Å². The summed E-state index contributed by atoms with van der Waals surface area (Å²) in [5.41, 5.74) is 7.62. The van der Waals surface area contributed by atoms with E-state index in [0.29, 0.717) is 6.54 Å². The lowest BCUT2D eigenvalue weighted by atomic mass is 10.1. The van der Waals surface area contributed by atoms with E-state index in [1.54, 1.807) is 6.92 Å². The first-order chi connectivity index (χ1) is 9.04. The highest BCUT2D eigenvalue weighted by molar-refractivity contribution is 6.00. The summed E-state index contributed by atoms with van der Waals surface area (Å²) in [5, 5.41) is 0. The highest BCUT2D eigenvalue weighted by atomic mass is 16.5. The minimum Gasteiger partial charge on any atom is -0.479 e. The molecule has 4 heteroatoms. The number of fused-ring (bicyclic) bond motifs is 1. The number of nitrogens with zero attached hydrogens (tertiary/aromatic N) is 1. The molecule has 2 N–H and O–H groups in total. The van der Waals surface area contributed by atoms with Crippen LogP contribution in [0.4, 0.5) is 5.69 Å². The van der Waals surface area contributed by atoms with Crippen molar-refractivity contribution in [2.75, 3.05) is 11.4 Å². The van der Waals surface area contributed by atoms with Crippen LogP contribution in [-0.4, -0.2) is 24.6 Å². The van der Waals surface area contributed by atoms with Gasteiger partial charge in [-0.05, 0) is 57.9 Å². The maximum Gasteiger partial charge on any atom is 0.268 e.